The first-order chi connectivity index (χ1) is 12.6. The van der Waals surface area contributed by atoms with Gasteiger partial charge in [0.1, 0.15) is 5.82 Å². The Morgan fingerprint density at radius 2 is 2.00 bits per heavy atom. The molecule has 0 amide bonds. The van der Waals surface area contributed by atoms with E-state index in [1.54, 1.807) is 12.1 Å². The fourth-order valence-electron chi connectivity index (χ4n) is 2.81. The number of hydrogen-bond donors (Lipinski definition) is 0. The Hall–Kier alpha value is -2.29. The smallest absolute Gasteiger partial charge is 0.191 e. The molecule has 1 aliphatic carbocycles. The number of aromatic nitrogens is 7. The second-order valence-corrected chi connectivity index (χ2v) is 7.79. The molecule has 2 heterocycles. The zero-order chi connectivity index (χ0) is 18.1. The monoisotopic (exact) mass is 373 g/mol. The first-order valence-electron chi connectivity index (χ1n) is 8.71. The van der Waals surface area contributed by atoms with Crippen LogP contribution in [0.15, 0.2) is 29.4 Å². The van der Waals surface area contributed by atoms with Crippen LogP contribution >= 0.6 is 11.8 Å². The average Bonchev–Trinajstić information content (AvgIpc) is 3.23. The molecule has 26 heavy (non-hydrogen) atoms. The molecular formula is C17H20FN7S. The quantitative estimate of drug-likeness (QED) is 0.591. The molecule has 0 saturated heterocycles. The number of thioether (sulfide) groups is 1. The van der Waals surface area contributed by atoms with E-state index in [1.165, 1.54) is 17.8 Å². The van der Waals surface area contributed by atoms with Crippen molar-refractivity contribution in [2.24, 2.45) is 5.92 Å². The van der Waals surface area contributed by atoms with Crippen molar-refractivity contribution in [3.05, 3.63) is 35.9 Å². The summed E-state index contributed by atoms with van der Waals surface area (Å²) in [5.41, 5.74) is 0.468. The molecule has 0 radical (unpaired) electrons. The minimum absolute atomic E-state index is 0.292. The summed E-state index contributed by atoms with van der Waals surface area (Å²) in [7, 11) is 0. The zero-order valence-corrected chi connectivity index (χ0v) is 15.5. The first-order valence-corrected chi connectivity index (χ1v) is 9.69. The third-order valence-electron chi connectivity index (χ3n) is 4.16. The van der Waals surface area contributed by atoms with Gasteiger partial charge in [-0.1, -0.05) is 37.7 Å². The van der Waals surface area contributed by atoms with Gasteiger partial charge in [-0.25, -0.2) is 9.07 Å². The molecule has 2 aromatic heterocycles. The summed E-state index contributed by atoms with van der Waals surface area (Å²) in [6, 6.07) is 7.10. The first kappa shape index (κ1) is 17.1. The Kier molecular flexibility index (Phi) is 4.71. The summed E-state index contributed by atoms with van der Waals surface area (Å²) in [4.78, 5) is 0. The van der Waals surface area contributed by atoms with Crippen molar-refractivity contribution in [1.29, 1.82) is 0 Å². The van der Waals surface area contributed by atoms with Gasteiger partial charge in [0.15, 0.2) is 16.8 Å². The number of nitrogens with zero attached hydrogens (tertiary/aromatic N) is 7. The van der Waals surface area contributed by atoms with Gasteiger partial charge in [-0.3, -0.25) is 0 Å². The maximum Gasteiger partial charge on any atom is 0.191 e. The van der Waals surface area contributed by atoms with Crippen LogP contribution in [0.1, 0.15) is 38.6 Å². The maximum atomic E-state index is 14.2. The van der Waals surface area contributed by atoms with Gasteiger partial charge in [-0.2, -0.15) is 0 Å². The molecule has 0 atom stereocenters. The Bertz CT molecular complexity index is 900. The molecule has 4 rings (SSSR count). The van der Waals surface area contributed by atoms with Crippen LogP contribution in [0.25, 0.3) is 11.4 Å². The molecule has 1 aromatic carbocycles. The van der Waals surface area contributed by atoms with E-state index >= 15 is 0 Å². The highest BCUT2D eigenvalue weighted by Crippen LogP contribution is 2.35. The van der Waals surface area contributed by atoms with Gasteiger partial charge in [0.05, 0.1) is 17.4 Å². The summed E-state index contributed by atoms with van der Waals surface area (Å²) >= 11 is 1.53. The van der Waals surface area contributed by atoms with Crippen LogP contribution in [-0.4, -0.2) is 35.0 Å². The van der Waals surface area contributed by atoms with Gasteiger partial charge in [-0.15, -0.1) is 15.3 Å². The summed E-state index contributed by atoms with van der Waals surface area (Å²) in [5.74, 6) is 2.09. The van der Waals surface area contributed by atoms with E-state index in [0.29, 0.717) is 35.6 Å². The van der Waals surface area contributed by atoms with E-state index in [-0.39, 0.29) is 5.82 Å². The molecule has 0 unspecified atom stereocenters. The van der Waals surface area contributed by atoms with Crippen molar-refractivity contribution in [2.75, 3.05) is 0 Å². The van der Waals surface area contributed by atoms with Crippen LogP contribution in [0, 0.1) is 11.7 Å². The van der Waals surface area contributed by atoms with E-state index in [2.05, 4.69) is 39.6 Å². The highest BCUT2D eigenvalue weighted by atomic mass is 32.2. The molecule has 0 N–H and O–H groups in total. The lowest BCUT2D eigenvalue weighted by Crippen LogP contribution is -2.09. The number of rotatable bonds is 7. The van der Waals surface area contributed by atoms with E-state index in [9.17, 15) is 4.39 Å². The normalized spacial score (nSPS) is 14.3. The van der Waals surface area contributed by atoms with Crippen molar-refractivity contribution in [1.82, 2.24) is 35.0 Å². The summed E-state index contributed by atoms with van der Waals surface area (Å²) in [5, 5.41) is 21.3. The van der Waals surface area contributed by atoms with Gasteiger partial charge in [0.2, 0.25) is 0 Å². The van der Waals surface area contributed by atoms with Gasteiger partial charge < -0.3 is 4.57 Å². The number of halogens is 1. The summed E-state index contributed by atoms with van der Waals surface area (Å²) < 4.78 is 18.1. The molecule has 1 fully saturated rings. The molecule has 0 aliphatic heterocycles. The molecule has 1 saturated carbocycles. The predicted octanol–water partition coefficient (Wildman–Crippen LogP) is 3.35. The van der Waals surface area contributed by atoms with Gasteiger partial charge in [-0.05, 0) is 41.3 Å². The standard InChI is InChI=1S/C17H20FN7S/c1-11(2)9-24-16(13-5-3-4-6-14(13)18)20-21-17(24)26-10-15-19-22-23-25(15)12-7-8-12/h3-6,11-12H,7-10H2,1-2H3. The molecule has 3 aromatic rings. The molecule has 136 valence electrons. The molecule has 0 bridgehead atoms. The lowest BCUT2D eigenvalue weighted by Gasteiger charge is -2.12. The molecule has 9 heteroatoms. The van der Waals surface area contributed by atoms with E-state index in [1.807, 2.05) is 15.3 Å². The third kappa shape index (κ3) is 3.48. The number of tetrazole rings is 1. The summed E-state index contributed by atoms with van der Waals surface area (Å²) in [6.45, 7) is 4.95. The lowest BCUT2D eigenvalue weighted by molar-refractivity contribution is 0.496. The zero-order valence-electron chi connectivity index (χ0n) is 14.7. The van der Waals surface area contributed by atoms with Crippen molar-refractivity contribution in [3.63, 3.8) is 0 Å². The fraction of sp³-hybridized carbons (Fsp3) is 0.471. The highest BCUT2D eigenvalue weighted by Gasteiger charge is 2.28. The topological polar surface area (TPSA) is 74.3 Å². The average molecular weight is 373 g/mol. The Morgan fingerprint density at radius 3 is 2.73 bits per heavy atom. The van der Waals surface area contributed by atoms with Gasteiger partial charge in [0, 0.05) is 6.54 Å². The maximum absolute atomic E-state index is 14.2. The van der Waals surface area contributed by atoms with Crippen molar-refractivity contribution < 1.29 is 4.39 Å². The number of hydrogen-bond acceptors (Lipinski definition) is 6. The van der Waals surface area contributed by atoms with Crippen LogP contribution in [0.2, 0.25) is 0 Å². The van der Waals surface area contributed by atoms with Crippen molar-refractivity contribution in [3.8, 4) is 11.4 Å². The van der Waals surface area contributed by atoms with Crippen LogP contribution in [0.3, 0.4) is 0 Å². The third-order valence-corrected chi connectivity index (χ3v) is 5.13. The van der Waals surface area contributed by atoms with Crippen LogP contribution < -0.4 is 0 Å². The molecule has 7 nitrogen and oxygen atoms in total. The predicted molar refractivity (Wildman–Crippen MR) is 95.9 cm³/mol. The Labute approximate surface area is 155 Å². The second-order valence-electron chi connectivity index (χ2n) is 6.85. The van der Waals surface area contributed by atoms with Crippen molar-refractivity contribution in [2.45, 2.75) is 50.2 Å². The van der Waals surface area contributed by atoms with Crippen molar-refractivity contribution >= 4 is 11.8 Å². The van der Waals surface area contributed by atoms with Gasteiger partial charge in [0.25, 0.3) is 0 Å². The SMILES string of the molecule is CC(C)Cn1c(SCc2nnnn2C2CC2)nnc1-c1ccccc1F. The molecular weight excluding hydrogens is 353 g/mol. The van der Waals surface area contributed by atoms with Crippen LogP contribution in [-0.2, 0) is 12.3 Å². The minimum atomic E-state index is -0.292. The van der Waals surface area contributed by atoms with E-state index < -0.39 is 0 Å². The Morgan fingerprint density at radius 1 is 1.19 bits per heavy atom. The fourth-order valence-corrected chi connectivity index (χ4v) is 3.67. The van der Waals surface area contributed by atoms with Crippen LogP contribution in [0.5, 0.6) is 0 Å². The largest absolute Gasteiger partial charge is 0.302 e. The molecule has 1 aliphatic rings. The van der Waals surface area contributed by atoms with Crippen LogP contribution in [0.4, 0.5) is 4.39 Å². The second kappa shape index (κ2) is 7.14. The number of benzene rings is 1. The highest BCUT2D eigenvalue weighted by molar-refractivity contribution is 7.98. The summed E-state index contributed by atoms with van der Waals surface area (Å²) in [6.07, 6.45) is 2.26. The van der Waals surface area contributed by atoms with E-state index in [4.69, 9.17) is 0 Å². The van der Waals surface area contributed by atoms with Gasteiger partial charge >= 0.3 is 0 Å². The Balaban J connectivity index is 1.61. The minimum Gasteiger partial charge on any atom is -0.302 e. The lowest BCUT2D eigenvalue weighted by atomic mass is 10.2. The van der Waals surface area contributed by atoms with E-state index in [0.717, 1.165) is 23.8 Å². The molecule has 0 spiro atoms.